The van der Waals surface area contributed by atoms with Gasteiger partial charge in [0.25, 0.3) is 0 Å². The number of ether oxygens (including phenoxy) is 1. The summed E-state index contributed by atoms with van der Waals surface area (Å²) in [5, 5.41) is 6.08. The molecule has 7 heteroatoms. The van der Waals surface area contributed by atoms with Crippen LogP contribution in [0.4, 0.5) is 11.9 Å². The number of nitrogens with zero attached hydrogens (tertiary/aromatic N) is 4. The zero-order chi connectivity index (χ0) is 14.3. The Balaban J connectivity index is 2.60. The van der Waals surface area contributed by atoms with Gasteiger partial charge in [0.05, 0.1) is 6.10 Å². The summed E-state index contributed by atoms with van der Waals surface area (Å²) >= 11 is 0. The molecule has 0 aliphatic heterocycles. The average Bonchev–Trinajstić information content (AvgIpc) is 2.33. The zero-order valence-corrected chi connectivity index (χ0v) is 12.4. The highest BCUT2D eigenvalue weighted by Crippen LogP contribution is 2.12. The van der Waals surface area contributed by atoms with Gasteiger partial charge in [-0.15, -0.1) is 0 Å². The summed E-state index contributed by atoms with van der Waals surface area (Å²) < 4.78 is 5.49. The van der Waals surface area contributed by atoms with Crippen LogP contribution in [0.1, 0.15) is 20.3 Å². The maximum absolute atomic E-state index is 5.49. The summed E-state index contributed by atoms with van der Waals surface area (Å²) in [6.45, 7) is 5.71. The van der Waals surface area contributed by atoms with Crippen molar-refractivity contribution in [2.75, 3.05) is 44.9 Å². The van der Waals surface area contributed by atoms with Gasteiger partial charge in [-0.3, -0.25) is 0 Å². The Morgan fingerprint density at radius 1 is 1.16 bits per heavy atom. The summed E-state index contributed by atoms with van der Waals surface area (Å²) in [5.74, 6) is 1.04. The van der Waals surface area contributed by atoms with E-state index in [2.05, 4.69) is 44.6 Å². The van der Waals surface area contributed by atoms with Crippen molar-refractivity contribution in [2.45, 2.75) is 26.4 Å². The Kier molecular flexibility index (Phi) is 6.27. The first-order valence-electron chi connectivity index (χ1n) is 6.50. The van der Waals surface area contributed by atoms with Crippen molar-refractivity contribution in [1.82, 2.24) is 19.9 Å². The van der Waals surface area contributed by atoms with Gasteiger partial charge in [0.2, 0.25) is 11.9 Å². The van der Waals surface area contributed by atoms with Crippen molar-refractivity contribution >= 4 is 11.9 Å². The molecule has 1 aromatic rings. The van der Waals surface area contributed by atoms with Crippen LogP contribution in [-0.4, -0.2) is 60.2 Å². The predicted octanol–water partition coefficient (Wildman–Crippen LogP) is 1.06. The van der Waals surface area contributed by atoms with Gasteiger partial charge < -0.3 is 20.3 Å². The molecule has 1 heterocycles. The van der Waals surface area contributed by atoms with Crippen molar-refractivity contribution in [3.05, 3.63) is 0 Å². The topological polar surface area (TPSA) is 75.2 Å². The fourth-order valence-corrected chi connectivity index (χ4v) is 1.41. The van der Waals surface area contributed by atoms with Gasteiger partial charge in [0.15, 0.2) is 0 Å². The maximum atomic E-state index is 5.49. The van der Waals surface area contributed by atoms with Gasteiger partial charge in [0.1, 0.15) is 0 Å². The van der Waals surface area contributed by atoms with Crippen molar-refractivity contribution in [2.24, 2.45) is 0 Å². The number of aromatic nitrogens is 3. The molecular weight excluding hydrogens is 244 g/mol. The molecule has 0 amide bonds. The molecule has 0 unspecified atom stereocenters. The molecule has 0 atom stereocenters. The second-order valence-electron chi connectivity index (χ2n) is 4.77. The molecule has 0 saturated heterocycles. The SMILES string of the molecule is CNc1nc(NCCCN(C)C)nc(OC(C)C)n1. The zero-order valence-electron chi connectivity index (χ0n) is 12.4. The largest absolute Gasteiger partial charge is 0.461 e. The van der Waals surface area contributed by atoms with E-state index in [-0.39, 0.29) is 6.10 Å². The highest BCUT2D eigenvalue weighted by molar-refractivity contribution is 5.35. The minimum absolute atomic E-state index is 0.0358. The lowest BCUT2D eigenvalue weighted by molar-refractivity contribution is 0.222. The first kappa shape index (κ1) is 15.4. The summed E-state index contributed by atoms with van der Waals surface area (Å²) in [4.78, 5) is 14.8. The van der Waals surface area contributed by atoms with Gasteiger partial charge in [-0.1, -0.05) is 0 Å². The number of anilines is 2. The third-order valence-corrected chi connectivity index (χ3v) is 2.24. The van der Waals surface area contributed by atoms with Crippen LogP contribution in [0, 0.1) is 0 Å². The molecule has 0 radical (unpaired) electrons. The van der Waals surface area contributed by atoms with E-state index in [4.69, 9.17) is 4.74 Å². The second-order valence-corrected chi connectivity index (χ2v) is 4.77. The van der Waals surface area contributed by atoms with Crippen LogP contribution in [0.15, 0.2) is 0 Å². The molecule has 0 spiro atoms. The lowest BCUT2D eigenvalue weighted by Gasteiger charge is -2.12. The Hall–Kier alpha value is -1.63. The highest BCUT2D eigenvalue weighted by Gasteiger charge is 2.07. The summed E-state index contributed by atoms with van der Waals surface area (Å²) in [7, 11) is 5.87. The maximum Gasteiger partial charge on any atom is 0.323 e. The molecule has 0 fully saturated rings. The molecule has 2 N–H and O–H groups in total. The molecule has 1 aromatic heterocycles. The molecule has 19 heavy (non-hydrogen) atoms. The lowest BCUT2D eigenvalue weighted by Crippen LogP contribution is -2.18. The van der Waals surface area contributed by atoms with E-state index in [9.17, 15) is 0 Å². The van der Waals surface area contributed by atoms with Gasteiger partial charge in [0, 0.05) is 13.6 Å². The van der Waals surface area contributed by atoms with Crippen LogP contribution in [-0.2, 0) is 0 Å². The van der Waals surface area contributed by atoms with Crippen LogP contribution >= 0.6 is 0 Å². The average molecular weight is 268 g/mol. The fraction of sp³-hybridized carbons (Fsp3) is 0.750. The second kappa shape index (κ2) is 7.73. The standard InChI is InChI=1S/C12H24N6O/c1-9(2)19-12-16-10(13-3)15-11(17-12)14-7-6-8-18(4)5/h9H,6-8H2,1-5H3,(H2,13,14,15,16,17). The van der Waals surface area contributed by atoms with Crippen LogP contribution in [0.2, 0.25) is 0 Å². The third-order valence-electron chi connectivity index (χ3n) is 2.24. The predicted molar refractivity (Wildman–Crippen MR) is 76.8 cm³/mol. The Labute approximate surface area is 114 Å². The summed E-state index contributed by atoms with van der Waals surface area (Å²) in [6.07, 6.45) is 1.06. The first-order chi connectivity index (χ1) is 9.01. The molecule has 108 valence electrons. The monoisotopic (exact) mass is 268 g/mol. The van der Waals surface area contributed by atoms with E-state index in [1.165, 1.54) is 0 Å². The minimum atomic E-state index is 0.0358. The van der Waals surface area contributed by atoms with E-state index in [0.29, 0.717) is 17.9 Å². The molecule has 0 bridgehead atoms. The van der Waals surface area contributed by atoms with E-state index < -0.39 is 0 Å². The van der Waals surface area contributed by atoms with Crippen LogP contribution < -0.4 is 15.4 Å². The molecular formula is C12H24N6O. The highest BCUT2D eigenvalue weighted by atomic mass is 16.5. The third kappa shape index (κ3) is 6.19. The number of hydrogen-bond acceptors (Lipinski definition) is 7. The lowest BCUT2D eigenvalue weighted by atomic mass is 10.4. The van der Waals surface area contributed by atoms with Crippen molar-refractivity contribution in [3.63, 3.8) is 0 Å². The van der Waals surface area contributed by atoms with E-state index in [0.717, 1.165) is 19.5 Å². The summed E-state index contributed by atoms with van der Waals surface area (Å²) in [5.41, 5.74) is 0. The molecule has 0 aliphatic rings. The van der Waals surface area contributed by atoms with Gasteiger partial charge in [-0.05, 0) is 40.9 Å². The molecule has 0 aromatic carbocycles. The van der Waals surface area contributed by atoms with E-state index in [1.54, 1.807) is 7.05 Å². The van der Waals surface area contributed by atoms with E-state index in [1.807, 2.05) is 13.8 Å². The molecule has 0 aliphatic carbocycles. The number of hydrogen-bond donors (Lipinski definition) is 2. The minimum Gasteiger partial charge on any atom is -0.461 e. The first-order valence-corrected chi connectivity index (χ1v) is 6.50. The summed E-state index contributed by atoms with van der Waals surface area (Å²) in [6, 6.07) is 0.337. The quantitative estimate of drug-likeness (QED) is 0.683. The Morgan fingerprint density at radius 3 is 2.42 bits per heavy atom. The molecule has 0 saturated carbocycles. The molecule has 1 rings (SSSR count). The smallest absolute Gasteiger partial charge is 0.323 e. The number of rotatable bonds is 8. The Morgan fingerprint density at radius 2 is 1.84 bits per heavy atom. The van der Waals surface area contributed by atoms with Crippen molar-refractivity contribution in [3.8, 4) is 6.01 Å². The molecule has 7 nitrogen and oxygen atoms in total. The van der Waals surface area contributed by atoms with Gasteiger partial charge in [-0.25, -0.2) is 0 Å². The van der Waals surface area contributed by atoms with Crippen LogP contribution in [0.3, 0.4) is 0 Å². The normalized spacial score (nSPS) is 10.9. The Bertz CT molecular complexity index is 382. The van der Waals surface area contributed by atoms with Gasteiger partial charge in [-0.2, -0.15) is 15.0 Å². The number of nitrogens with one attached hydrogen (secondary N) is 2. The van der Waals surface area contributed by atoms with Gasteiger partial charge >= 0.3 is 6.01 Å². The van der Waals surface area contributed by atoms with E-state index >= 15 is 0 Å². The van der Waals surface area contributed by atoms with Crippen molar-refractivity contribution in [1.29, 1.82) is 0 Å². The van der Waals surface area contributed by atoms with Crippen LogP contribution in [0.25, 0.3) is 0 Å². The van der Waals surface area contributed by atoms with Crippen LogP contribution in [0.5, 0.6) is 6.01 Å². The fourth-order valence-electron chi connectivity index (χ4n) is 1.41. The van der Waals surface area contributed by atoms with Crippen molar-refractivity contribution < 1.29 is 4.74 Å².